The van der Waals surface area contributed by atoms with Crippen molar-refractivity contribution in [2.45, 2.75) is 31.7 Å². The number of fused-ring (bicyclic) bond motifs is 1. The zero-order valence-electron chi connectivity index (χ0n) is 12.1. The first-order valence-electron chi connectivity index (χ1n) is 7.44. The molecular formula is C18H19ClFN. The molecule has 0 radical (unpaired) electrons. The topological polar surface area (TPSA) is 12.0 Å². The smallest absolute Gasteiger partial charge is 0.141 e. The van der Waals surface area contributed by atoms with Crippen molar-refractivity contribution in [3.8, 4) is 0 Å². The van der Waals surface area contributed by atoms with Gasteiger partial charge in [-0.15, -0.1) is 0 Å². The Bertz CT molecular complexity index is 641. The molecule has 0 saturated carbocycles. The van der Waals surface area contributed by atoms with Crippen LogP contribution in [0, 0.1) is 5.82 Å². The second kappa shape index (κ2) is 6.17. The van der Waals surface area contributed by atoms with Gasteiger partial charge in [-0.1, -0.05) is 48.9 Å². The minimum absolute atomic E-state index is 0.205. The van der Waals surface area contributed by atoms with Crippen LogP contribution in [0.1, 0.15) is 29.5 Å². The maximum atomic E-state index is 13.3. The molecule has 0 aromatic heterocycles. The summed E-state index contributed by atoms with van der Waals surface area (Å²) in [6.45, 7) is 3.05. The highest BCUT2D eigenvalue weighted by Crippen LogP contribution is 2.38. The van der Waals surface area contributed by atoms with Crippen LogP contribution >= 0.6 is 11.6 Å². The number of likely N-dealkylation sites (N-methyl/N-ethyl adjacent to an activating group) is 1. The molecule has 3 rings (SSSR count). The number of rotatable bonds is 5. The minimum Gasteiger partial charge on any atom is -0.313 e. The van der Waals surface area contributed by atoms with Gasteiger partial charge < -0.3 is 5.32 Å². The Kier molecular flexibility index (Phi) is 4.27. The standard InChI is InChI=1S/C18H19ClFN/c1-2-21-18(10-12-7-8-17(20)16(19)9-12)15-11-13-5-3-4-6-14(13)15/h3-9,15,18,21H,2,10-11H2,1H3. The van der Waals surface area contributed by atoms with Gasteiger partial charge in [0, 0.05) is 12.0 Å². The van der Waals surface area contributed by atoms with Gasteiger partial charge in [-0.05, 0) is 48.2 Å². The van der Waals surface area contributed by atoms with E-state index >= 15 is 0 Å². The first-order chi connectivity index (χ1) is 10.2. The van der Waals surface area contributed by atoms with E-state index < -0.39 is 0 Å². The van der Waals surface area contributed by atoms with E-state index in [0.717, 1.165) is 24.9 Å². The van der Waals surface area contributed by atoms with E-state index in [4.69, 9.17) is 11.6 Å². The van der Waals surface area contributed by atoms with Crippen molar-refractivity contribution in [2.75, 3.05) is 6.54 Å². The fourth-order valence-corrected chi connectivity index (χ4v) is 3.40. The average molecular weight is 304 g/mol. The molecule has 2 unspecified atom stereocenters. The van der Waals surface area contributed by atoms with E-state index in [9.17, 15) is 4.39 Å². The lowest BCUT2D eigenvalue weighted by Crippen LogP contribution is -2.41. The predicted octanol–water partition coefficient (Wildman–Crippen LogP) is 4.34. The van der Waals surface area contributed by atoms with E-state index in [2.05, 4.69) is 36.5 Å². The van der Waals surface area contributed by atoms with Gasteiger partial charge in [-0.3, -0.25) is 0 Å². The third-order valence-electron chi connectivity index (χ3n) is 4.29. The van der Waals surface area contributed by atoms with Crippen LogP contribution in [0.3, 0.4) is 0 Å². The van der Waals surface area contributed by atoms with Gasteiger partial charge in [0.2, 0.25) is 0 Å². The summed E-state index contributed by atoms with van der Waals surface area (Å²) in [5.74, 6) is 0.180. The Morgan fingerprint density at radius 1 is 1.29 bits per heavy atom. The molecule has 2 aromatic carbocycles. The van der Waals surface area contributed by atoms with Crippen molar-refractivity contribution < 1.29 is 4.39 Å². The van der Waals surface area contributed by atoms with Crippen molar-refractivity contribution in [1.29, 1.82) is 0 Å². The molecule has 0 fully saturated rings. The van der Waals surface area contributed by atoms with Gasteiger partial charge in [-0.2, -0.15) is 0 Å². The molecule has 0 saturated heterocycles. The third-order valence-corrected chi connectivity index (χ3v) is 4.58. The molecule has 3 heteroatoms. The highest BCUT2D eigenvalue weighted by atomic mass is 35.5. The van der Waals surface area contributed by atoms with Crippen LogP contribution in [0.2, 0.25) is 5.02 Å². The van der Waals surface area contributed by atoms with Crippen molar-refractivity contribution in [3.63, 3.8) is 0 Å². The van der Waals surface area contributed by atoms with Crippen LogP contribution in [0.4, 0.5) is 4.39 Å². The van der Waals surface area contributed by atoms with E-state index in [0.29, 0.717) is 12.0 Å². The van der Waals surface area contributed by atoms with Crippen LogP contribution in [-0.4, -0.2) is 12.6 Å². The molecule has 1 N–H and O–H groups in total. The Morgan fingerprint density at radius 2 is 2.10 bits per heavy atom. The largest absolute Gasteiger partial charge is 0.313 e. The number of halogens is 2. The molecule has 0 heterocycles. The van der Waals surface area contributed by atoms with Gasteiger partial charge >= 0.3 is 0 Å². The van der Waals surface area contributed by atoms with Crippen molar-refractivity contribution in [3.05, 3.63) is 70.0 Å². The highest BCUT2D eigenvalue weighted by molar-refractivity contribution is 6.30. The Labute approximate surface area is 130 Å². The summed E-state index contributed by atoms with van der Waals surface area (Å²) in [4.78, 5) is 0. The zero-order valence-corrected chi connectivity index (χ0v) is 12.8. The molecule has 0 amide bonds. The van der Waals surface area contributed by atoms with Crippen molar-refractivity contribution in [2.24, 2.45) is 0 Å². The highest BCUT2D eigenvalue weighted by Gasteiger charge is 2.32. The summed E-state index contributed by atoms with van der Waals surface area (Å²) in [7, 11) is 0. The zero-order chi connectivity index (χ0) is 14.8. The first kappa shape index (κ1) is 14.6. The second-order valence-electron chi connectivity index (χ2n) is 5.63. The lowest BCUT2D eigenvalue weighted by Gasteiger charge is -2.37. The molecule has 1 nitrogen and oxygen atoms in total. The molecule has 0 aliphatic heterocycles. The summed E-state index contributed by atoms with van der Waals surface area (Å²) < 4.78 is 13.3. The molecule has 2 atom stereocenters. The van der Waals surface area contributed by atoms with Crippen LogP contribution in [0.15, 0.2) is 42.5 Å². The molecular weight excluding hydrogens is 285 g/mol. The summed E-state index contributed by atoms with van der Waals surface area (Å²) in [6, 6.07) is 14.0. The fourth-order valence-electron chi connectivity index (χ4n) is 3.20. The summed E-state index contributed by atoms with van der Waals surface area (Å²) >= 11 is 5.89. The Hall–Kier alpha value is -1.38. The van der Waals surface area contributed by atoms with Crippen LogP contribution in [-0.2, 0) is 12.8 Å². The van der Waals surface area contributed by atoms with Crippen molar-refractivity contribution >= 4 is 11.6 Å². The lowest BCUT2D eigenvalue weighted by molar-refractivity contribution is 0.404. The van der Waals surface area contributed by atoms with Crippen LogP contribution < -0.4 is 5.32 Å². The molecule has 21 heavy (non-hydrogen) atoms. The molecule has 110 valence electrons. The van der Waals surface area contributed by atoms with Gasteiger partial charge in [0.15, 0.2) is 0 Å². The number of hydrogen-bond acceptors (Lipinski definition) is 1. The summed E-state index contributed by atoms with van der Waals surface area (Å²) in [5.41, 5.74) is 3.97. The van der Waals surface area contributed by atoms with E-state index in [1.165, 1.54) is 17.2 Å². The van der Waals surface area contributed by atoms with Crippen molar-refractivity contribution in [1.82, 2.24) is 5.32 Å². The molecule has 1 aliphatic rings. The predicted molar refractivity (Wildman–Crippen MR) is 85.5 cm³/mol. The second-order valence-corrected chi connectivity index (χ2v) is 6.03. The third kappa shape index (κ3) is 2.97. The number of hydrogen-bond donors (Lipinski definition) is 1. The van der Waals surface area contributed by atoms with E-state index in [-0.39, 0.29) is 10.8 Å². The van der Waals surface area contributed by atoms with E-state index in [1.54, 1.807) is 6.07 Å². The maximum Gasteiger partial charge on any atom is 0.141 e. The molecule has 0 spiro atoms. The van der Waals surface area contributed by atoms with Gasteiger partial charge in [0.1, 0.15) is 5.82 Å². The minimum atomic E-state index is -0.352. The summed E-state index contributed by atoms with van der Waals surface area (Å²) in [5, 5.41) is 3.78. The fraction of sp³-hybridized carbons (Fsp3) is 0.333. The molecule has 2 aromatic rings. The summed E-state index contributed by atoms with van der Waals surface area (Å²) in [6.07, 6.45) is 1.98. The van der Waals surface area contributed by atoms with Gasteiger partial charge in [0.25, 0.3) is 0 Å². The molecule has 0 bridgehead atoms. The lowest BCUT2D eigenvalue weighted by atomic mass is 9.72. The molecule has 1 aliphatic carbocycles. The Morgan fingerprint density at radius 3 is 2.81 bits per heavy atom. The Balaban J connectivity index is 1.78. The quantitative estimate of drug-likeness (QED) is 0.866. The van der Waals surface area contributed by atoms with Crippen LogP contribution in [0.25, 0.3) is 0 Å². The first-order valence-corrected chi connectivity index (χ1v) is 7.82. The van der Waals surface area contributed by atoms with Gasteiger partial charge in [0.05, 0.1) is 5.02 Å². The average Bonchev–Trinajstić information content (AvgIpc) is 2.44. The SMILES string of the molecule is CCNC(Cc1ccc(F)c(Cl)c1)C1Cc2ccccc21. The monoisotopic (exact) mass is 303 g/mol. The van der Waals surface area contributed by atoms with Gasteiger partial charge in [-0.25, -0.2) is 4.39 Å². The normalized spacial score (nSPS) is 18.0. The van der Waals surface area contributed by atoms with E-state index in [1.807, 2.05) is 6.07 Å². The number of nitrogens with one attached hydrogen (secondary N) is 1. The number of benzene rings is 2. The van der Waals surface area contributed by atoms with Crippen LogP contribution in [0.5, 0.6) is 0 Å². The maximum absolute atomic E-state index is 13.3.